The van der Waals surface area contributed by atoms with E-state index in [1.807, 2.05) is 18.0 Å². The molecule has 0 unspecified atom stereocenters. The molecular formula is C14H18N4O2. The molecule has 0 bridgehead atoms. The lowest BCUT2D eigenvalue weighted by molar-refractivity contribution is -0.138. The van der Waals surface area contributed by atoms with Crippen LogP contribution in [0, 0.1) is 11.3 Å². The third-order valence-electron chi connectivity index (χ3n) is 4.07. The van der Waals surface area contributed by atoms with Gasteiger partial charge in [0.05, 0.1) is 24.4 Å². The summed E-state index contributed by atoms with van der Waals surface area (Å²) >= 11 is 0. The molecule has 1 fully saturated rings. The molecule has 1 N–H and O–H groups in total. The van der Waals surface area contributed by atoms with Crippen LogP contribution in [0.4, 0.5) is 5.82 Å². The Balaban J connectivity index is 2.27. The summed E-state index contributed by atoms with van der Waals surface area (Å²) in [5.41, 5.74) is -0.134. The summed E-state index contributed by atoms with van der Waals surface area (Å²) in [5.74, 6) is -0.174. The Morgan fingerprint density at radius 3 is 2.60 bits per heavy atom. The van der Waals surface area contributed by atoms with Crippen LogP contribution in [-0.4, -0.2) is 33.6 Å². The van der Waals surface area contributed by atoms with Crippen LogP contribution in [0.15, 0.2) is 12.4 Å². The SMILES string of the molecule is CN(c1cnc(C#N)cn1)C1(CC(=O)O)CCCCC1. The highest BCUT2D eigenvalue weighted by molar-refractivity contribution is 5.69. The third kappa shape index (κ3) is 2.87. The van der Waals surface area contributed by atoms with Gasteiger partial charge in [0.2, 0.25) is 0 Å². The molecule has 6 heteroatoms. The number of nitrogens with zero attached hydrogens (tertiary/aromatic N) is 4. The minimum atomic E-state index is -0.791. The highest BCUT2D eigenvalue weighted by Gasteiger charge is 2.38. The van der Waals surface area contributed by atoms with E-state index in [2.05, 4.69) is 9.97 Å². The fourth-order valence-electron chi connectivity index (χ4n) is 2.92. The van der Waals surface area contributed by atoms with Crippen LogP contribution in [0.5, 0.6) is 0 Å². The molecule has 1 saturated carbocycles. The Bertz CT molecular complexity index is 515. The summed E-state index contributed by atoms with van der Waals surface area (Å²) in [6, 6.07) is 1.93. The molecule has 106 valence electrons. The molecule has 1 aromatic heterocycles. The summed E-state index contributed by atoms with van der Waals surface area (Å²) in [6.07, 6.45) is 7.96. The predicted molar refractivity (Wildman–Crippen MR) is 73.2 cm³/mol. The summed E-state index contributed by atoms with van der Waals surface area (Å²) in [5, 5.41) is 17.9. The molecule has 0 saturated heterocycles. The second-order valence-electron chi connectivity index (χ2n) is 5.29. The highest BCUT2D eigenvalue weighted by Crippen LogP contribution is 2.37. The average molecular weight is 274 g/mol. The van der Waals surface area contributed by atoms with Crippen LogP contribution in [0.3, 0.4) is 0 Å². The summed E-state index contributed by atoms with van der Waals surface area (Å²) < 4.78 is 0. The van der Waals surface area contributed by atoms with E-state index in [4.69, 9.17) is 5.26 Å². The van der Waals surface area contributed by atoms with Crippen molar-refractivity contribution in [2.24, 2.45) is 0 Å². The molecule has 2 rings (SSSR count). The smallest absolute Gasteiger partial charge is 0.305 e. The predicted octanol–water partition coefficient (Wildman–Crippen LogP) is 1.96. The van der Waals surface area contributed by atoms with Crippen molar-refractivity contribution in [3.05, 3.63) is 18.1 Å². The van der Waals surface area contributed by atoms with E-state index in [-0.39, 0.29) is 12.1 Å². The first kappa shape index (κ1) is 14.3. The number of hydrogen-bond donors (Lipinski definition) is 1. The lowest BCUT2D eigenvalue weighted by atomic mass is 9.78. The molecule has 6 nitrogen and oxygen atoms in total. The first-order valence-corrected chi connectivity index (χ1v) is 6.75. The molecule has 0 spiro atoms. The lowest BCUT2D eigenvalue weighted by Crippen LogP contribution is -2.50. The maximum atomic E-state index is 11.2. The van der Waals surface area contributed by atoms with Crippen molar-refractivity contribution in [3.8, 4) is 6.07 Å². The van der Waals surface area contributed by atoms with Gasteiger partial charge in [-0.05, 0) is 12.8 Å². The van der Waals surface area contributed by atoms with Gasteiger partial charge in [-0.15, -0.1) is 0 Å². The fourth-order valence-corrected chi connectivity index (χ4v) is 2.92. The van der Waals surface area contributed by atoms with Crippen LogP contribution >= 0.6 is 0 Å². The van der Waals surface area contributed by atoms with Crippen molar-refractivity contribution < 1.29 is 9.90 Å². The van der Waals surface area contributed by atoms with Gasteiger partial charge in [-0.1, -0.05) is 19.3 Å². The molecule has 0 amide bonds. The fraction of sp³-hybridized carbons (Fsp3) is 0.571. The number of nitriles is 1. The van der Waals surface area contributed by atoms with E-state index >= 15 is 0 Å². The Labute approximate surface area is 118 Å². The Morgan fingerprint density at radius 2 is 2.10 bits per heavy atom. The van der Waals surface area contributed by atoms with Gasteiger partial charge in [0.25, 0.3) is 0 Å². The molecule has 0 aromatic carbocycles. The molecule has 1 aliphatic rings. The monoisotopic (exact) mass is 274 g/mol. The van der Waals surface area contributed by atoms with Gasteiger partial charge in [-0.25, -0.2) is 9.97 Å². The quantitative estimate of drug-likeness (QED) is 0.902. The van der Waals surface area contributed by atoms with Crippen molar-refractivity contribution >= 4 is 11.8 Å². The molecule has 1 aliphatic carbocycles. The Kier molecular flexibility index (Phi) is 4.18. The number of anilines is 1. The van der Waals surface area contributed by atoms with E-state index in [0.717, 1.165) is 32.1 Å². The number of aliphatic carboxylic acids is 1. The van der Waals surface area contributed by atoms with Gasteiger partial charge < -0.3 is 10.0 Å². The van der Waals surface area contributed by atoms with E-state index in [1.54, 1.807) is 0 Å². The second-order valence-corrected chi connectivity index (χ2v) is 5.29. The van der Waals surface area contributed by atoms with Crippen LogP contribution in [-0.2, 0) is 4.79 Å². The molecule has 1 aromatic rings. The minimum absolute atomic E-state index is 0.102. The van der Waals surface area contributed by atoms with Gasteiger partial charge in [-0.3, -0.25) is 4.79 Å². The van der Waals surface area contributed by atoms with Crippen molar-refractivity contribution in [1.82, 2.24) is 9.97 Å². The van der Waals surface area contributed by atoms with Crippen molar-refractivity contribution in [3.63, 3.8) is 0 Å². The van der Waals surface area contributed by atoms with E-state index in [1.165, 1.54) is 12.4 Å². The molecule has 20 heavy (non-hydrogen) atoms. The number of carboxylic acid groups (broad SMARTS) is 1. The third-order valence-corrected chi connectivity index (χ3v) is 4.07. The van der Waals surface area contributed by atoms with E-state index in [9.17, 15) is 9.90 Å². The maximum Gasteiger partial charge on any atom is 0.305 e. The summed E-state index contributed by atoms with van der Waals surface area (Å²) in [7, 11) is 1.87. The lowest BCUT2D eigenvalue weighted by Gasteiger charge is -2.44. The molecular weight excluding hydrogens is 256 g/mol. The maximum absolute atomic E-state index is 11.2. The van der Waals surface area contributed by atoms with Crippen LogP contribution < -0.4 is 4.90 Å². The molecule has 1 heterocycles. The van der Waals surface area contributed by atoms with Crippen molar-refractivity contribution in [2.45, 2.75) is 44.1 Å². The Morgan fingerprint density at radius 1 is 1.40 bits per heavy atom. The standard InChI is InChI=1S/C14H18N4O2/c1-18(12-10-16-11(8-15)9-17-12)14(7-13(19)20)5-3-2-4-6-14/h9-10H,2-7H2,1H3,(H,19,20). The number of aromatic nitrogens is 2. The van der Waals surface area contributed by atoms with Gasteiger partial charge in [-0.2, -0.15) is 5.26 Å². The van der Waals surface area contributed by atoms with Gasteiger partial charge in [0.15, 0.2) is 5.69 Å². The summed E-state index contributed by atoms with van der Waals surface area (Å²) in [6.45, 7) is 0. The average Bonchev–Trinajstić information content (AvgIpc) is 2.47. The van der Waals surface area contributed by atoms with Crippen LogP contribution in [0.1, 0.15) is 44.2 Å². The summed E-state index contributed by atoms with van der Waals surface area (Å²) in [4.78, 5) is 21.4. The topological polar surface area (TPSA) is 90.1 Å². The van der Waals surface area contributed by atoms with Gasteiger partial charge in [0, 0.05) is 7.05 Å². The first-order chi connectivity index (χ1) is 9.57. The zero-order chi connectivity index (χ0) is 14.6. The number of carboxylic acids is 1. The zero-order valence-corrected chi connectivity index (χ0v) is 11.5. The van der Waals surface area contributed by atoms with Crippen LogP contribution in [0.2, 0.25) is 0 Å². The van der Waals surface area contributed by atoms with E-state index in [0.29, 0.717) is 5.82 Å². The van der Waals surface area contributed by atoms with Gasteiger partial charge in [0.1, 0.15) is 11.9 Å². The molecule has 0 aliphatic heterocycles. The second kappa shape index (κ2) is 5.87. The normalized spacial score (nSPS) is 17.2. The largest absolute Gasteiger partial charge is 0.481 e. The van der Waals surface area contributed by atoms with Crippen LogP contribution in [0.25, 0.3) is 0 Å². The Hall–Kier alpha value is -2.16. The molecule has 0 radical (unpaired) electrons. The van der Waals surface area contributed by atoms with Crippen molar-refractivity contribution in [2.75, 3.05) is 11.9 Å². The number of rotatable bonds is 4. The first-order valence-electron chi connectivity index (χ1n) is 6.75. The van der Waals surface area contributed by atoms with Crippen molar-refractivity contribution in [1.29, 1.82) is 5.26 Å². The van der Waals surface area contributed by atoms with E-state index < -0.39 is 11.5 Å². The minimum Gasteiger partial charge on any atom is -0.481 e. The number of carbonyl (C=O) groups is 1. The molecule has 0 atom stereocenters. The van der Waals surface area contributed by atoms with Gasteiger partial charge >= 0.3 is 5.97 Å². The highest BCUT2D eigenvalue weighted by atomic mass is 16.4. The zero-order valence-electron chi connectivity index (χ0n) is 11.5. The number of hydrogen-bond acceptors (Lipinski definition) is 5.